The van der Waals surface area contributed by atoms with Crippen LogP contribution >= 0.6 is 0 Å². The van der Waals surface area contributed by atoms with Crippen LogP contribution in [0, 0.1) is 0 Å². The number of carbonyl (C=O) groups is 2. The molecule has 0 bridgehead atoms. The van der Waals surface area contributed by atoms with Gasteiger partial charge in [-0.3, -0.25) is 9.48 Å². The van der Waals surface area contributed by atoms with Gasteiger partial charge in [0.1, 0.15) is 11.4 Å². The van der Waals surface area contributed by atoms with Gasteiger partial charge < -0.3 is 5.11 Å². The summed E-state index contributed by atoms with van der Waals surface area (Å²) < 4.78 is 23.9. The Bertz CT molecular complexity index is 585. The van der Waals surface area contributed by atoms with Crippen LogP contribution in [-0.2, 0) is 9.84 Å². The summed E-state index contributed by atoms with van der Waals surface area (Å²) in [5.41, 5.74) is -0.567. The molecule has 0 radical (unpaired) electrons. The van der Waals surface area contributed by atoms with Crippen molar-refractivity contribution in [3.63, 3.8) is 0 Å². The molecular formula is C10H14N2O5S. The van der Waals surface area contributed by atoms with E-state index in [1.54, 1.807) is 13.8 Å². The van der Waals surface area contributed by atoms with Crippen molar-refractivity contribution in [2.45, 2.75) is 26.8 Å². The van der Waals surface area contributed by atoms with Crippen LogP contribution in [0.2, 0.25) is 0 Å². The number of carboxylic acids is 1. The van der Waals surface area contributed by atoms with Gasteiger partial charge in [-0.15, -0.1) is 0 Å². The number of hydrogen-bond donors (Lipinski definition) is 1. The molecule has 0 aliphatic rings. The topological polar surface area (TPSA) is 106 Å². The lowest BCUT2D eigenvalue weighted by Crippen LogP contribution is -2.18. The zero-order chi connectivity index (χ0) is 14.1. The van der Waals surface area contributed by atoms with Gasteiger partial charge in [0.05, 0.1) is 5.75 Å². The van der Waals surface area contributed by atoms with Crippen molar-refractivity contribution in [2.24, 2.45) is 0 Å². The third kappa shape index (κ3) is 2.58. The van der Waals surface area contributed by atoms with E-state index >= 15 is 0 Å². The van der Waals surface area contributed by atoms with Crippen LogP contribution in [0.5, 0.6) is 0 Å². The molecule has 0 aliphatic heterocycles. The summed E-state index contributed by atoms with van der Waals surface area (Å²) in [6, 6.07) is 0.694. The fourth-order valence-electron chi connectivity index (χ4n) is 1.34. The molecule has 0 unspecified atom stereocenters. The lowest BCUT2D eigenvalue weighted by atomic mass is 10.3. The molecule has 1 heterocycles. The van der Waals surface area contributed by atoms with Gasteiger partial charge in [0.25, 0.3) is 5.12 Å². The van der Waals surface area contributed by atoms with E-state index in [4.69, 9.17) is 5.11 Å². The number of hydrogen-bond acceptors (Lipinski definition) is 5. The van der Waals surface area contributed by atoms with Crippen molar-refractivity contribution in [3.8, 4) is 0 Å². The molecule has 0 saturated carbocycles. The maximum absolute atomic E-state index is 11.7. The van der Waals surface area contributed by atoms with Crippen LogP contribution in [-0.4, -0.2) is 40.1 Å². The average molecular weight is 274 g/mol. The maximum Gasteiger partial charge on any atom is 0.354 e. The van der Waals surface area contributed by atoms with Crippen LogP contribution in [0.25, 0.3) is 0 Å². The molecule has 1 aromatic rings. The van der Waals surface area contributed by atoms with Gasteiger partial charge in [0, 0.05) is 12.1 Å². The fraction of sp³-hybridized carbons (Fsp3) is 0.500. The Morgan fingerprint density at radius 2 is 2.00 bits per heavy atom. The summed E-state index contributed by atoms with van der Waals surface area (Å²) in [7, 11) is -3.91. The van der Waals surface area contributed by atoms with E-state index in [1.165, 1.54) is 6.92 Å². The highest BCUT2D eigenvalue weighted by Gasteiger charge is 2.27. The van der Waals surface area contributed by atoms with Gasteiger partial charge in [-0.2, -0.15) is 5.10 Å². The Morgan fingerprint density at radius 1 is 1.44 bits per heavy atom. The monoisotopic (exact) mass is 274 g/mol. The zero-order valence-electron chi connectivity index (χ0n) is 10.2. The highest BCUT2D eigenvalue weighted by molar-refractivity contribution is 8.06. The van der Waals surface area contributed by atoms with Crippen molar-refractivity contribution in [2.75, 3.05) is 5.75 Å². The van der Waals surface area contributed by atoms with Crippen LogP contribution in [0.1, 0.15) is 47.8 Å². The van der Waals surface area contributed by atoms with Gasteiger partial charge in [-0.1, -0.05) is 6.92 Å². The molecule has 7 nitrogen and oxygen atoms in total. The molecule has 0 amide bonds. The normalized spacial score (nSPS) is 11.8. The Hall–Kier alpha value is -1.70. The quantitative estimate of drug-likeness (QED) is 0.867. The Balaban J connectivity index is 3.34. The lowest BCUT2D eigenvalue weighted by Gasteiger charge is -2.07. The highest BCUT2D eigenvalue weighted by Crippen LogP contribution is 2.14. The number of nitrogens with zero attached hydrogens (tertiary/aromatic N) is 2. The molecule has 0 atom stereocenters. The largest absolute Gasteiger partial charge is 0.477 e. The second-order valence-corrected chi connectivity index (χ2v) is 6.13. The van der Waals surface area contributed by atoms with Gasteiger partial charge >= 0.3 is 5.97 Å². The lowest BCUT2D eigenvalue weighted by molar-refractivity contribution is 0.0681. The molecule has 1 rings (SSSR count). The van der Waals surface area contributed by atoms with E-state index < -0.39 is 20.9 Å². The first-order chi connectivity index (χ1) is 8.20. The van der Waals surface area contributed by atoms with Gasteiger partial charge in [0.15, 0.2) is 0 Å². The number of aromatic nitrogens is 2. The molecular weight excluding hydrogens is 260 g/mol. The van der Waals surface area contributed by atoms with Crippen molar-refractivity contribution in [1.29, 1.82) is 0 Å². The van der Waals surface area contributed by atoms with E-state index in [0.717, 1.165) is 10.7 Å². The molecule has 0 spiro atoms. The average Bonchev–Trinajstić information content (AvgIpc) is 2.72. The van der Waals surface area contributed by atoms with Gasteiger partial charge in [-0.25, -0.2) is 13.2 Å². The molecule has 0 aromatic carbocycles. The zero-order valence-corrected chi connectivity index (χ0v) is 11.1. The first kappa shape index (κ1) is 14.4. The molecule has 0 saturated heterocycles. The number of sulfone groups is 1. The van der Waals surface area contributed by atoms with Crippen LogP contribution < -0.4 is 0 Å². The second kappa shape index (κ2) is 4.89. The summed E-state index contributed by atoms with van der Waals surface area (Å²) in [4.78, 5) is 22.6. The van der Waals surface area contributed by atoms with Crippen molar-refractivity contribution < 1.29 is 23.1 Å². The highest BCUT2D eigenvalue weighted by atomic mass is 32.2. The minimum atomic E-state index is -3.91. The predicted molar refractivity (Wildman–Crippen MR) is 63.4 cm³/mol. The third-order valence-electron chi connectivity index (χ3n) is 2.32. The summed E-state index contributed by atoms with van der Waals surface area (Å²) in [6.07, 6.45) is 0. The predicted octanol–water partition coefficient (Wildman–Crippen LogP) is 0.737. The van der Waals surface area contributed by atoms with E-state index in [-0.39, 0.29) is 23.2 Å². The van der Waals surface area contributed by atoms with Crippen molar-refractivity contribution >= 4 is 20.9 Å². The van der Waals surface area contributed by atoms with Crippen molar-refractivity contribution in [1.82, 2.24) is 9.78 Å². The molecule has 100 valence electrons. The fourth-order valence-corrected chi connectivity index (χ4v) is 2.02. The second-order valence-electron chi connectivity index (χ2n) is 3.95. The van der Waals surface area contributed by atoms with Gasteiger partial charge in [-0.05, 0) is 13.8 Å². The first-order valence-corrected chi connectivity index (χ1v) is 6.95. The maximum atomic E-state index is 11.7. The minimum absolute atomic E-state index is 0.209. The molecule has 1 N–H and O–H groups in total. The number of carboxylic acid groups (broad SMARTS) is 1. The summed E-state index contributed by atoms with van der Waals surface area (Å²) in [5, 5.41) is 11.6. The summed E-state index contributed by atoms with van der Waals surface area (Å²) in [6.45, 7) is 4.70. The summed E-state index contributed by atoms with van der Waals surface area (Å²) in [5.74, 6) is -1.60. The van der Waals surface area contributed by atoms with E-state index in [2.05, 4.69) is 5.10 Å². The molecule has 1 aromatic heterocycles. The third-order valence-corrected chi connectivity index (χ3v) is 3.85. The Morgan fingerprint density at radius 3 is 2.33 bits per heavy atom. The Kier molecular flexibility index (Phi) is 3.90. The van der Waals surface area contributed by atoms with Crippen LogP contribution in [0.15, 0.2) is 6.07 Å². The Labute approximate surface area is 104 Å². The number of carbonyl (C=O) groups excluding carboxylic acids is 1. The smallest absolute Gasteiger partial charge is 0.354 e. The molecule has 8 heteroatoms. The van der Waals surface area contributed by atoms with E-state index in [9.17, 15) is 18.0 Å². The van der Waals surface area contributed by atoms with Crippen molar-refractivity contribution in [3.05, 3.63) is 17.5 Å². The molecule has 0 aliphatic carbocycles. The number of rotatable bonds is 4. The van der Waals surface area contributed by atoms with Crippen LogP contribution in [0.3, 0.4) is 0 Å². The van der Waals surface area contributed by atoms with E-state index in [1.807, 2.05) is 0 Å². The van der Waals surface area contributed by atoms with Crippen LogP contribution in [0.4, 0.5) is 0 Å². The van der Waals surface area contributed by atoms with Gasteiger partial charge in [0.2, 0.25) is 9.84 Å². The minimum Gasteiger partial charge on any atom is -0.477 e. The number of aromatic carboxylic acids is 1. The van der Waals surface area contributed by atoms with E-state index in [0.29, 0.717) is 0 Å². The standard InChI is InChI=1S/C10H14N2O5S/c1-4-18(16,17)10(15)7-5-8(9(13)14)12(11-7)6(2)3/h5-6H,4H2,1-3H3,(H,13,14). The first-order valence-electron chi connectivity index (χ1n) is 5.30. The SMILES string of the molecule is CCS(=O)(=O)C(=O)c1cc(C(=O)O)n(C(C)C)n1. The molecule has 0 fully saturated rings. The molecule has 18 heavy (non-hydrogen) atoms. The summed E-state index contributed by atoms with van der Waals surface area (Å²) >= 11 is 0.